The van der Waals surface area contributed by atoms with Crippen LogP contribution < -0.4 is 9.64 Å². The molecule has 1 heterocycles. The molecule has 2 rings (SSSR count). The van der Waals surface area contributed by atoms with Crippen LogP contribution in [0.5, 0.6) is 5.75 Å². The molecular weight excluding hydrogens is 244 g/mol. The zero-order chi connectivity index (χ0) is 14.0. The van der Waals surface area contributed by atoms with Crippen molar-refractivity contribution >= 4 is 17.6 Å². The number of methoxy groups -OCH3 is 1. The predicted octanol–water partition coefficient (Wildman–Crippen LogP) is 2.26. The molecule has 0 N–H and O–H groups in total. The van der Waals surface area contributed by atoms with Crippen LogP contribution in [-0.2, 0) is 4.79 Å². The summed E-state index contributed by atoms with van der Waals surface area (Å²) >= 11 is 0. The molecule has 0 aromatic heterocycles. The van der Waals surface area contributed by atoms with E-state index in [1.54, 1.807) is 36.3 Å². The minimum Gasteiger partial charge on any atom is -0.497 e. The Bertz CT molecular complexity index is 501. The number of ether oxygens (including phenoxy) is 1. The van der Waals surface area contributed by atoms with E-state index in [0.717, 1.165) is 6.42 Å². The molecule has 1 unspecified atom stereocenters. The molecule has 1 atom stereocenters. The summed E-state index contributed by atoms with van der Waals surface area (Å²) in [5.41, 5.74) is 0.556. The van der Waals surface area contributed by atoms with Gasteiger partial charge in [0.1, 0.15) is 12.3 Å². The van der Waals surface area contributed by atoms with Gasteiger partial charge in [0.15, 0.2) is 0 Å². The minimum atomic E-state index is -0.257. The van der Waals surface area contributed by atoms with Gasteiger partial charge in [0, 0.05) is 12.1 Å². The molecule has 5 heteroatoms. The lowest BCUT2D eigenvalue weighted by atomic mass is 10.2. The van der Waals surface area contributed by atoms with Crippen molar-refractivity contribution in [2.45, 2.75) is 26.3 Å². The highest BCUT2D eigenvalue weighted by Crippen LogP contribution is 2.26. The number of urea groups is 1. The molecule has 1 aromatic rings. The second-order valence-electron chi connectivity index (χ2n) is 4.60. The lowest BCUT2D eigenvalue weighted by Crippen LogP contribution is -2.37. The maximum absolute atomic E-state index is 12.3. The van der Waals surface area contributed by atoms with E-state index in [0.29, 0.717) is 11.4 Å². The average Bonchev–Trinajstić information content (AvgIpc) is 2.73. The van der Waals surface area contributed by atoms with Gasteiger partial charge >= 0.3 is 6.03 Å². The summed E-state index contributed by atoms with van der Waals surface area (Å²) < 4.78 is 5.12. The Morgan fingerprint density at radius 2 is 2.11 bits per heavy atom. The minimum absolute atomic E-state index is 0.0621. The maximum atomic E-state index is 12.3. The molecule has 19 heavy (non-hydrogen) atoms. The van der Waals surface area contributed by atoms with E-state index >= 15 is 0 Å². The molecule has 0 bridgehead atoms. The standard InChI is InChI=1S/C14H18N2O3/c1-4-10(2)15-9-13(17)16(14(15)18)11-6-5-7-12(8-11)19-3/h5-8,10H,4,9H2,1-3H3. The molecule has 0 saturated carbocycles. The Labute approximate surface area is 112 Å². The third kappa shape index (κ3) is 2.41. The molecular formula is C14H18N2O3. The van der Waals surface area contributed by atoms with Crippen molar-refractivity contribution in [1.29, 1.82) is 0 Å². The van der Waals surface area contributed by atoms with Gasteiger partial charge in [-0.25, -0.2) is 9.69 Å². The van der Waals surface area contributed by atoms with E-state index < -0.39 is 0 Å². The fraction of sp³-hybridized carbons (Fsp3) is 0.429. The Morgan fingerprint density at radius 3 is 2.74 bits per heavy atom. The van der Waals surface area contributed by atoms with Crippen molar-refractivity contribution in [3.63, 3.8) is 0 Å². The largest absolute Gasteiger partial charge is 0.497 e. The Hall–Kier alpha value is -2.04. The molecule has 3 amide bonds. The van der Waals surface area contributed by atoms with Crippen LogP contribution in [-0.4, -0.2) is 36.5 Å². The molecule has 0 radical (unpaired) electrons. The quantitative estimate of drug-likeness (QED) is 0.782. The normalized spacial score (nSPS) is 17.0. The second kappa shape index (κ2) is 5.30. The van der Waals surface area contributed by atoms with Crippen LogP contribution in [0.15, 0.2) is 24.3 Å². The third-order valence-corrected chi connectivity index (χ3v) is 3.43. The number of hydrogen-bond acceptors (Lipinski definition) is 3. The summed E-state index contributed by atoms with van der Waals surface area (Å²) in [4.78, 5) is 27.2. The smallest absolute Gasteiger partial charge is 0.332 e. The lowest BCUT2D eigenvalue weighted by Gasteiger charge is -2.22. The Morgan fingerprint density at radius 1 is 1.37 bits per heavy atom. The topological polar surface area (TPSA) is 49.9 Å². The van der Waals surface area contributed by atoms with Gasteiger partial charge in [0.05, 0.1) is 12.8 Å². The monoisotopic (exact) mass is 262 g/mol. The number of carbonyl (C=O) groups excluding carboxylic acids is 2. The first-order valence-corrected chi connectivity index (χ1v) is 6.36. The van der Waals surface area contributed by atoms with Crippen LogP contribution in [0.2, 0.25) is 0 Å². The number of benzene rings is 1. The molecule has 0 aliphatic carbocycles. The fourth-order valence-corrected chi connectivity index (χ4v) is 2.09. The molecule has 5 nitrogen and oxygen atoms in total. The summed E-state index contributed by atoms with van der Waals surface area (Å²) in [6.07, 6.45) is 0.824. The van der Waals surface area contributed by atoms with Gasteiger partial charge in [-0.2, -0.15) is 0 Å². The predicted molar refractivity (Wildman–Crippen MR) is 72.3 cm³/mol. The molecule has 1 fully saturated rings. The summed E-state index contributed by atoms with van der Waals surface area (Å²) in [5.74, 6) is 0.429. The van der Waals surface area contributed by atoms with E-state index in [1.807, 2.05) is 13.8 Å². The number of rotatable bonds is 4. The number of hydrogen-bond donors (Lipinski definition) is 0. The zero-order valence-corrected chi connectivity index (χ0v) is 11.4. The first-order chi connectivity index (χ1) is 9.08. The lowest BCUT2D eigenvalue weighted by molar-refractivity contribution is -0.116. The highest BCUT2D eigenvalue weighted by Gasteiger charge is 2.38. The van der Waals surface area contributed by atoms with Gasteiger partial charge in [0.2, 0.25) is 0 Å². The second-order valence-corrected chi connectivity index (χ2v) is 4.60. The van der Waals surface area contributed by atoms with Gasteiger partial charge in [-0.15, -0.1) is 0 Å². The van der Waals surface area contributed by atoms with Crippen molar-refractivity contribution in [2.75, 3.05) is 18.6 Å². The van der Waals surface area contributed by atoms with Crippen molar-refractivity contribution in [2.24, 2.45) is 0 Å². The van der Waals surface area contributed by atoms with Crippen LogP contribution in [0.25, 0.3) is 0 Å². The van der Waals surface area contributed by atoms with Crippen molar-refractivity contribution in [3.8, 4) is 5.75 Å². The van der Waals surface area contributed by atoms with E-state index in [-0.39, 0.29) is 24.5 Å². The van der Waals surface area contributed by atoms with E-state index in [2.05, 4.69) is 0 Å². The van der Waals surface area contributed by atoms with E-state index in [1.165, 1.54) is 4.90 Å². The van der Waals surface area contributed by atoms with Gasteiger partial charge in [0.25, 0.3) is 5.91 Å². The maximum Gasteiger partial charge on any atom is 0.332 e. The number of nitrogens with zero attached hydrogens (tertiary/aromatic N) is 2. The highest BCUT2D eigenvalue weighted by atomic mass is 16.5. The fourth-order valence-electron chi connectivity index (χ4n) is 2.09. The van der Waals surface area contributed by atoms with Gasteiger partial charge in [-0.05, 0) is 25.5 Å². The number of carbonyl (C=O) groups is 2. The van der Waals surface area contributed by atoms with Crippen molar-refractivity contribution < 1.29 is 14.3 Å². The number of imide groups is 1. The summed E-state index contributed by atoms with van der Waals surface area (Å²) in [7, 11) is 1.55. The molecule has 102 valence electrons. The Kier molecular flexibility index (Phi) is 3.74. The zero-order valence-electron chi connectivity index (χ0n) is 11.4. The van der Waals surface area contributed by atoms with Gasteiger partial charge < -0.3 is 9.64 Å². The van der Waals surface area contributed by atoms with Crippen LogP contribution in [0.1, 0.15) is 20.3 Å². The highest BCUT2D eigenvalue weighted by molar-refractivity contribution is 6.19. The Balaban J connectivity index is 2.29. The SMILES string of the molecule is CCC(C)N1CC(=O)N(c2cccc(OC)c2)C1=O. The van der Waals surface area contributed by atoms with Crippen LogP contribution in [0.3, 0.4) is 0 Å². The molecule has 1 aliphatic rings. The van der Waals surface area contributed by atoms with E-state index in [4.69, 9.17) is 4.74 Å². The first-order valence-electron chi connectivity index (χ1n) is 6.36. The van der Waals surface area contributed by atoms with Crippen molar-refractivity contribution in [3.05, 3.63) is 24.3 Å². The molecule has 1 aliphatic heterocycles. The number of amides is 3. The average molecular weight is 262 g/mol. The molecule has 1 saturated heterocycles. The summed E-state index contributed by atoms with van der Waals surface area (Å²) in [6.45, 7) is 4.09. The van der Waals surface area contributed by atoms with Crippen molar-refractivity contribution in [1.82, 2.24) is 4.90 Å². The first kappa shape index (κ1) is 13.4. The number of anilines is 1. The van der Waals surface area contributed by atoms with Gasteiger partial charge in [-0.1, -0.05) is 13.0 Å². The van der Waals surface area contributed by atoms with Crippen LogP contribution in [0.4, 0.5) is 10.5 Å². The van der Waals surface area contributed by atoms with Crippen LogP contribution >= 0.6 is 0 Å². The summed E-state index contributed by atoms with van der Waals surface area (Å²) in [5, 5.41) is 0. The molecule has 0 spiro atoms. The third-order valence-electron chi connectivity index (χ3n) is 3.43. The summed E-state index contributed by atoms with van der Waals surface area (Å²) in [6, 6.07) is 6.77. The van der Waals surface area contributed by atoms with Crippen LogP contribution in [0, 0.1) is 0 Å². The molecule has 1 aromatic carbocycles. The van der Waals surface area contributed by atoms with E-state index in [9.17, 15) is 9.59 Å². The van der Waals surface area contributed by atoms with Gasteiger partial charge in [-0.3, -0.25) is 4.79 Å².